The minimum Gasteiger partial charge on any atom is -0.486 e. The predicted octanol–water partition coefficient (Wildman–Crippen LogP) is 4.84. The van der Waals surface area contributed by atoms with Crippen LogP contribution in [0.1, 0.15) is 22.7 Å². The first-order chi connectivity index (χ1) is 14.0. The summed E-state index contributed by atoms with van der Waals surface area (Å²) in [7, 11) is 0. The average Bonchev–Trinajstić information content (AvgIpc) is 3.18. The van der Waals surface area contributed by atoms with Crippen LogP contribution >= 0.6 is 27.7 Å². The van der Waals surface area contributed by atoms with Gasteiger partial charge in [-0.2, -0.15) is 0 Å². The number of primary amides is 1. The van der Waals surface area contributed by atoms with E-state index in [-0.39, 0.29) is 30.6 Å². The first-order valence-electron chi connectivity index (χ1n) is 8.80. The van der Waals surface area contributed by atoms with E-state index >= 15 is 0 Å². The molecule has 0 bridgehead atoms. The Labute approximate surface area is 180 Å². The molecule has 1 heterocycles. The number of carbonyl (C=O) groups is 2. The van der Waals surface area contributed by atoms with E-state index in [1.807, 2.05) is 42.5 Å². The molecule has 0 spiro atoms. The summed E-state index contributed by atoms with van der Waals surface area (Å²) in [6.45, 7) is 0.217. The average molecular weight is 475 g/mol. The molecular formula is C21H19BrN2O4S. The number of nitrogens with two attached hydrogens (primary N) is 1. The molecule has 3 rings (SSSR count). The third-order valence-electron chi connectivity index (χ3n) is 3.82. The van der Waals surface area contributed by atoms with Gasteiger partial charge >= 0.3 is 0 Å². The third-order valence-corrected chi connectivity index (χ3v) is 5.43. The van der Waals surface area contributed by atoms with Crippen molar-refractivity contribution in [3.8, 4) is 5.75 Å². The van der Waals surface area contributed by atoms with Crippen LogP contribution in [0.3, 0.4) is 0 Å². The van der Waals surface area contributed by atoms with Gasteiger partial charge in [0.2, 0.25) is 5.91 Å². The molecule has 3 N–H and O–H groups in total. The van der Waals surface area contributed by atoms with Crippen LogP contribution < -0.4 is 15.8 Å². The number of furan rings is 1. The Balaban J connectivity index is 1.59. The molecule has 6 nitrogen and oxygen atoms in total. The van der Waals surface area contributed by atoms with Crippen molar-refractivity contribution in [2.45, 2.75) is 17.9 Å². The van der Waals surface area contributed by atoms with Crippen molar-refractivity contribution in [3.05, 3.63) is 76.7 Å². The first-order valence-corrected chi connectivity index (χ1v) is 10.6. The highest BCUT2D eigenvalue weighted by Gasteiger charge is 2.14. The third kappa shape index (κ3) is 6.40. The summed E-state index contributed by atoms with van der Waals surface area (Å²) in [4.78, 5) is 24.3. The van der Waals surface area contributed by atoms with Crippen LogP contribution in [0.15, 0.2) is 74.4 Å². The first kappa shape index (κ1) is 21.0. The van der Waals surface area contributed by atoms with E-state index in [4.69, 9.17) is 14.9 Å². The van der Waals surface area contributed by atoms with Crippen molar-refractivity contribution in [1.29, 1.82) is 0 Å². The molecular weight excluding hydrogens is 456 g/mol. The van der Waals surface area contributed by atoms with Crippen LogP contribution in [0.25, 0.3) is 0 Å². The second kappa shape index (κ2) is 10.2. The fourth-order valence-electron chi connectivity index (χ4n) is 2.40. The number of thioether (sulfide) groups is 1. The SMILES string of the molecule is NC(=O)CCSc1ccccc1NC(=O)c1ccc(COc2ccc(Br)cc2)o1. The van der Waals surface area contributed by atoms with Crippen molar-refractivity contribution >= 4 is 45.2 Å². The summed E-state index contributed by atoms with van der Waals surface area (Å²) in [5.41, 5.74) is 5.82. The molecule has 0 aliphatic rings. The van der Waals surface area contributed by atoms with Gasteiger partial charge in [-0.1, -0.05) is 28.1 Å². The van der Waals surface area contributed by atoms with E-state index in [1.54, 1.807) is 18.2 Å². The van der Waals surface area contributed by atoms with E-state index in [0.29, 0.717) is 22.9 Å². The van der Waals surface area contributed by atoms with Gasteiger partial charge in [0.25, 0.3) is 5.91 Å². The van der Waals surface area contributed by atoms with Crippen LogP contribution in [0.2, 0.25) is 0 Å². The van der Waals surface area contributed by atoms with E-state index in [1.165, 1.54) is 11.8 Å². The Hall–Kier alpha value is -2.71. The Bertz CT molecular complexity index is 988. The van der Waals surface area contributed by atoms with Gasteiger partial charge in [-0.15, -0.1) is 11.8 Å². The summed E-state index contributed by atoms with van der Waals surface area (Å²) < 4.78 is 12.2. The maximum absolute atomic E-state index is 12.5. The molecule has 0 saturated carbocycles. The van der Waals surface area contributed by atoms with Crippen molar-refractivity contribution in [3.63, 3.8) is 0 Å². The van der Waals surface area contributed by atoms with Crippen LogP contribution in [-0.4, -0.2) is 17.6 Å². The second-order valence-corrected chi connectivity index (χ2v) is 8.08. The van der Waals surface area contributed by atoms with Gasteiger partial charge in [-0.3, -0.25) is 9.59 Å². The van der Waals surface area contributed by atoms with Crippen molar-refractivity contribution in [2.75, 3.05) is 11.1 Å². The summed E-state index contributed by atoms with van der Waals surface area (Å²) in [5.74, 6) is 1.27. The van der Waals surface area contributed by atoms with E-state index in [2.05, 4.69) is 21.2 Å². The number of hydrogen-bond donors (Lipinski definition) is 2. The molecule has 0 saturated heterocycles. The fourth-order valence-corrected chi connectivity index (χ4v) is 3.64. The number of nitrogens with one attached hydrogen (secondary N) is 1. The molecule has 1 aromatic heterocycles. The molecule has 0 radical (unpaired) electrons. The predicted molar refractivity (Wildman–Crippen MR) is 116 cm³/mol. The van der Waals surface area contributed by atoms with Crippen LogP contribution in [0.5, 0.6) is 5.75 Å². The minimum atomic E-state index is -0.358. The minimum absolute atomic E-state index is 0.191. The normalized spacial score (nSPS) is 10.5. The zero-order valence-corrected chi connectivity index (χ0v) is 17.8. The van der Waals surface area contributed by atoms with Crippen LogP contribution in [0.4, 0.5) is 5.69 Å². The molecule has 150 valence electrons. The summed E-state index contributed by atoms with van der Waals surface area (Å²) in [6, 6.07) is 18.1. The largest absolute Gasteiger partial charge is 0.486 e. The molecule has 0 aliphatic carbocycles. The monoisotopic (exact) mass is 474 g/mol. The fraction of sp³-hybridized carbons (Fsp3) is 0.143. The molecule has 8 heteroatoms. The number of rotatable bonds is 9. The summed E-state index contributed by atoms with van der Waals surface area (Å²) in [5, 5.41) is 2.84. The number of carbonyl (C=O) groups excluding carboxylic acids is 2. The molecule has 0 unspecified atom stereocenters. The lowest BCUT2D eigenvalue weighted by Crippen LogP contribution is -2.12. The topological polar surface area (TPSA) is 94.6 Å². The molecule has 2 aromatic carbocycles. The van der Waals surface area contributed by atoms with Gasteiger partial charge in [0, 0.05) is 21.5 Å². The Kier molecular flexibility index (Phi) is 7.37. The van der Waals surface area contributed by atoms with Crippen LogP contribution in [0, 0.1) is 0 Å². The highest BCUT2D eigenvalue weighted by atomic mass is 79.9. The molecule has 0 fully saturated rings. The number of hydrogen-bond acceptors (Lipinski definition) is 5. The molecule has 0 atom stereocenters. The lowest BCUT2D eigenvalue weighted by Gasteiger charge is -2.09. The zero-order chi connectivity index (χ0) is 20.6. The number of amides is 2. The highest BCUT2D eigenvalue weighted by molar-refractivity contribution is 9.10. The van der Waals surface area contributed by atoms with Crippen molar-refractivity contribution in [1.82, 2.24) is 0 Å². The summed E-state index contributed by atoms with van der Waals surface area (Å²) >= 11 is 4.83. The van der Waals surface area contributed by atoms with Gasteiger partial charge in [-0.05, 0) is 48.5 Å². The van der Waals surface area contributed by atoms with E-state index in [9.17, 15) is 9.59 Å². The Morgan fingerprint density at radius 2 is 1.83 bits per heavy atom. The van der Waals surface area contributed by atoms with Crippen LogP contribution in [-0.2, 0) is 11.4 Å². The number of anilines is 1. The van der Waals surface area contributed by atoms with Gasteiger partial charge < -0.3 is 20.2 Å². The number of benzene rings is 2. The molecule has 0 aliphatic heterocycles. The smallest absolute Gasteiger partial charge is 0.291 e. The maximum atomic E-state index is 12.5. The highest BCUT2D eigenvalue weighted by Crippen LogP contribution is 2.28. The number of halogens is 1. The van der Waals surface area contributed by atoms with Gasteiger partial charge in [-0.25, -0.2) is 0 Å². The molecule has 29 heavy (non-hydrogen) atoms. The van der Waals surface area contributed by atoms with E-state index < -0.39 is 0 Å². The van der Waals surface area contributed by atoms with Gasteiger partial charge in [0.15, 0.2) is 5.76 Å². The second-order valence-electron chi connectivity index (χ2n) is 6.02. The standard InChI is InChI=1S/C21H19BrN2O4S/c22-14-5-7-15(8-6-14)27-13-16-9-10-18(28-16)21(26)24-17-3-1-2-4-19(17)29-12-11-20(23)25/h1-10H,11-13H2,(H2,23,25)(H,24,26). The summed E-state index contributed by atoms with van der Waals surface area (Å²) in [6.07, 6.45) is 0.271. The van der Waals surface area contributed by atoms with Crippen molar-refractivity contribution in [2.24, 2.45) is 5.73 Å². The van der Waals surface area contributed by atoms with Gasteiger partial charge in [0.1, 0.15) is 18.1 Å². The van der Waals surface area contributed by atoms with Crippen molar-refractivity contribution < 1.29 is 18.7 Å². The quantitative estimate of drug-likeness (QED) is 0.432. The zero-order valence-electron chi connectivity index (χ0n) is 15.4. The molecule has 2 amide bonds. The number of ether oxygens (including phenoxy) is 1. The Morgan fingerprint density at radius 3 is 2.59 bits per heavy atom. The lowest BCUT2D eigenvalue weighted by atomic mass is 10.3. The number of para-hydroxylation sites is 1. The van der Waals surface area contributed by atoms with E-state index in [0.717, 1.165) is 9.37 Å². The molecule has 3 aromatic rings. The lowest BCUT2D eigenvalue weighted by molar-refractivity contribution is -0.117. The Morgan fingerprint density at radius 1 is 1.07 bits per heavy atom. The maximum Gasteiger partial charge on any atom is 0.291 e. The van der Waals surface area contributed by atoms with Gasteiger partial charge in [0.05, 0.1) is 5.69 Å².